The summed E-state index contributed by atoms with van der Waals surface area (Å²) in [5, 5.41) is 9.39. The quantitative estimate of drug-likeness (QED) is 0.0937. The number of benzene rings is 4. The number of hydrogen-bond acceptors (Lipinski definition) is 6. The topological polar surface area (TPSA) is 31.2 Å². The Morgan fingerprint density at radius 3 is 1.36 bits per heavy atom. The molecular weight excluding hydrogens is 745 g/mol. The van der Waals surface area contributed by atoms with Crippen LogP contribution in [0, 0.1) is 11.8 Å². The maximum absolute atomic E-state index is 5.16. The molecule has 53 heavy (non-hydrogen) atoms. The van der Waals surface area contributed by atoms with Crippen LogP contribution < -0.4 is 0 Å². The van der Waals surface area contributed by atoms with Gasteiger partial charge >= 0.3 is 332 Å². The first-order chi connectivity index (χ1) is 25.5. The van der Waals surface area contributed by atoms with Crippen LogP contribution in [0.25, 0.3) is 21.5 Å². The molecule has 0 aromatic heterocycles. The average Bonchev–Trinajstić information content (AvgIpc) is 3.81. The van der Waals surface area contributed by atoms with Crippen molar-refractivity contribution in [2.45, 2.75) is 101 Å². The van der Waals surface area contributed by atoms with E-state index in [-0.39, 0.29) is 11.8 Å². The van der Waals surface area contributed by atoms with Crippen LogP contribution in [0.4, 0.5) is 0 Å². The van der Waals surface area contributed by atoms with Crippen molar-refractivity contribution < 1.29 is 0 Å². The first-order valence-electron chi connectivity index (χ1n) is 20.4. The van der Waals surface area contributed by atoms with Crippen LogP contribution in [0.2, 0.25) is 10.5 Å². The molecular formula is C46H64GeN4S2. The van der Waals surface area contributed by atoms with E-state index < -0.39 is 11.0 Å². The number of hydrogen-bond donors (Lipinski definition) is 0. The van der Waals surface area contributed by atoms with Crippen LogP contribution in [0.1, 0.15) is 91.2 Å². The van der Waals surface area contributed by atoms with E-state index in [0.29, 0.717) is 10.5 Å². The third-order valence-corrected chi connectivity index (χ3v) is 35.4. The van der Waals surface area contributed by atoms with Crippen molar-refractivity contribution >= 4 is 64.4 Å². The Hall–Kier alpha value is -2.42. The molecule has 7 heteroatoms. The third-order valence-electron chi connectivity index (χ3n) is 11.3. The molecule has 0 bridgehead atoms. The summed E-state index contributed by atoms with van der Waals surface area (Å²) < 4.78 is 0. The van der Waals surface area contributed by atoms with Crippen molar-refractivity contribution in [3.63, 3.8) is 0 Å². The van der Waals surface area contributed by atoms with Gasteiger partial charge in [-0.25, -0.2) is 0 Å². The molecule has 0 spiro atoms. The first-order valence-corrected chi connectivity index (χ1v) is 30.3. The molecule has 0 aliphatic carbocycles. The Labute approximate surface area is 330 Å². The molecule has 2 heterocycles. The Kier molecular flexibility index (Phi) is 14.0. The summed E-state index contributed by atoms with van der Waals surface area (Å²) in [6.45, 7) is 25.7. The van der Waals surface area contributed by atoms with Crippen molar-refractivity contribution in [2.75, 3.05) is 39.3 Å². The van der Waals surface area contributed by atoms with Crippen LogP contribution >= 0.6 is 20.2 Å². The van der Waals surface area contributed by atoms with Crippen LogP contribution in [0.3, 0.4) is 0 Å². The molecule has 0 saturated heterocycles. The van der Waals surface area contributed by atoms with Crippen LogP contribution in [-0.2, 0) is 0 Å². The number of aliphatic imine (C=N–C) groups is 2. The van der Waals surface area contributed by atoms with Gasteiger partial charge in [0.25, 0.3) is 0 Å². The summed E-state index contributed by atoms with van der Waals surface area (Å²) in [5.74, 6) is 4.64. The molecule has 4 atom stereocenters. The molecule has 0 amide bonds. The summed E-state index contributed by atoms with van der Waals surface area (Å²) in [7, 11) is 2.47. The van der Waals surface area contributed by atoms with Gasteiger partial charge in [-0.3, -0.25) is 0 Å². The minimum absolute atomic E-state index is 0.288. The Morgan fingerprint density at radius 2 is 0.943 bits per heavy atom. The zero-order valence-electron chi connectivity index (χ0n) is 33.7. The van der Waals surface area contributed by atoms with Crippen molar-refractivity contribution in [1.29, 1.82) is 0 Å². The van der Waals surface area contributed by atoms with E-state index in [4.69, 9.17) is 9.98 Å². The normalized spacial score (nSPS) is 17.5. The number of amidine groups is 2. The van der Waals surface area contributed by atoms with Crippen molar-refractivity contribution in [3.05, 3.63) is 96.1 Å². The predicted octanol–water partition coefficient (Wildman–Crippen LogP) is 12.1. The third kappa shape index (κ3) is 10.1. The summed E-state index contributed by atoms with van der Waals surface area (Å²) in [6.07, 6.45) is 2.70. The first kappa shape index (κ1) is 40.3. The molecule has 4 nitrogen and oxygen atoms in total. The number of fused-ring (bicyclic) bond motifs is 2. The van der Waals surface area contributed by atoms with Gasteiger partial charge in [0.2, 0.25) is 0 Å². The molecule has 4 unspecified atom stereocenters. The Bertz CT molecular complexity index is 1730. The second-order valence-electron chi connectivity index (χ2n) is 16.6. The fourth-order valence-electron chi connectivity index (χ4n) is 8.56. The molecule has 2 aliphatic heterocycles. The fraction of sp³-hybridized carbons (Fsp3) is 0.522. The van der Waals surface area contributed by atoms with E-state index in [1.54, 1.807) is 0 Å². The molecule has 0 saturated carbocycles. The van der Waals surface area contributed by atoms with Gasteiger partial charge in [-0.1, -0.05) is 0 Å². The van der Waals surface area contributed by atoms with Crippen molar-refractivity contribution in [1.82, 2.24) is 9.80 Å². The van der Waals surface area contributed by atoms with E-state index in [9.17, 15) is 0 Å². The van der Waals surface area contributed by atoms with Gasteiger partial charge in [-0.2, -0.15) is 0 Å². The Balaban J connectivity index is 1.18. The van der Waals surface area contributed by atoms with Gasteiger partial charge in [0.05, 0.1) is 0 Å². The molecule has 0 N–H and O–H groups in total. The fourth-order valence-corrected chi connectivity index (χ4v) is 37.8. The van der Waals surface area contributed by atoms with Crippen LogP contribution in [0.15, 0.2) is 94.9 Å². The molecule has 2 aliphatic rings. The van der Waals surface area contributed by atoms with Crippen molar-refractivity contribution in [2.24, 2.45) is 21.8 Å². The SMILES string of the molecule is CC(C)C[CH2][Ge]([CH2]CC(C)C)([S]C(C)CN1CCN=C1C(C)c1cccc2ccccc12)[S]C(C)CN1CCN=C1C(C)c1cccc2ccccc12. The summed E-state index contributed by atoms with van der Waals surface area (Å²) in [4.78, 5) is 15.6. The molecule has 4 aromatic carbocycles. The maximum atomic E-state index is 5.16. The predicted molar refractivity (Wildman–Crippen MR) is 241 cm³/mol. The zero-order chi connectivity index (χ0) is 37.5. The standard InChI is InChI=1S/C46H64GeN4S2/c1-33(2)23-25-47(26-24-34(3)4,52-35(5)31-50-29-27-48-45(50)37(7)41-21-13-17-39-15-9-11-19-43(39)41)53-36(6)32-51-30-28-49-46(51)38(8)42-22-14-18-40-16-10-12-20-44(40)42/h9-22,33-38H,23-32H2,1-8H3. The zero-order valence-corrected chi connectivity index (χ0v) is 37.5. The van der Waals surface area contributed by atoms with E-state index in [0.717, 1.165) is 51.1 Å². The molecule has 0 radical (unpaired) electrons. The average molecular weight is 810 g/mol. The van der Waals surface area contributed by atoms with E-state index in [1.807, 2.05) is 0 Å². The summed E-state index contributed by atoms with van der Waals surface area (Å²) in [5.41, 5.74) is 2.80. The van der Waals surface area contributed by atoms with E-state index in [2.05, 4.69) is 170 Å². The monoisotopic (exact) mass is 810 g/mol. The van der Waals surface area contributed by atoms with Gasteiger partial charge in [0.15, 0.2) is 0 Å². The van der Waals surface area contributed by atoms with Crippen molar-refractivity contribution in [3.8, 4) is 0 Å². The molecule has 284 valence electrons. The van der Waals surface area contributed by atoms with E-state index in [1.165, 1.54) is 67.7 Å². The second-order valence-corrected chi connectivity index (χ2v) is 37.0. The number of rotatable bonds is 18. The van der Waals surface area contributed by atoms with Gasteiger partial charge in [-0.05, 0) is 0 Å². The molecule has 6 rings (SSSR count). The molecule has 4 aromatic rings. The Morgan fingerprint density at radius 1 is 0.547 bits per heavy atom. The second kappa shape index (κ2) is 18.5. The van der Waals surface area contributed by atoms with Crippen LogP contribution in [0.5, 0.6) is 0 Å². The van der Waals surface area contributed by atoms with Gasteiger partial charge < -0.3 is 0 Å². The minimum atomic E-state index is -2.48. The van der Waals surface area contributed by atoms with E-state index >= 15 is 0 Å². The van der Waals surface area contributed by atoms with Gasteiger partial charge in [-0.15, -0.1) is 0 Å². The summed E-state index contributed by atoms with van der Waals surface area (Å²) in [6, 6.07) is 31.2. The van der Waals surface area contributed by atoms with Gasteiger partial charge in [0.1, 0.15) is 0 Å². The molecule has 0 fully saturated rings. The number of nitrogens with zero attached hydrogens (tertiary/aromatic N) is 4. The summed E-state index contributed by atoms with van der Waals surface area (Å²) >= 11 is 0. The van der Waals surface area contributed by atoms with Crippen LogP contribution in [-0.4, -0.2) is 82.2 Å². The van der Waals surface area contributed by atoms with Gasteiger partial charge in [0, 0.05) is 0 Å².